The van der Waals surface area contributed by atoms with E-state index in [1.807, 2.05) is 52.0 Å². The molecule has 0 aliphatic rings. The summed E-state index contributed by atoms with van der Waals surface area (Å²) >= 11 is 6.46. The highest BCUT2D eigenvalue weighted by Gasteiger charge is 2.12. The van der Waals surface area contributed by atoms with Crippen molar-refractivity contribution in [3.63, 3.8) is 0 Å². The Morgan fingerprint density at radius 1 is 0.781 bits per heavy atom. The van der Waals surface area contributed by atoms with Crippen molar-refractivity contribution in [1.82, 2.24) is 4.98 Å². The lowest BCUT2D eigenvalue weighted by atomic mass is 9.96. The van der Waals surface area contributed by atoms with Crippen LogP contribution in [0.25, 0.3) is 0 Å². The Labute approximate surface area is 197 Å². The van der Waals surface area contributed by atoms with E-state index in [0.29, 0.717) is 10.9 Å². The minimum absolute atomic E-state index is 0.399. The van der Waals surface area contributed by atoms with Gasteiger partial charge in [-0.2, -0.15) is 0 Å². The van der Waals surface area contributed by atoms with Crippen LogP contribution in [-0.2, 0) is 0 Å². The van der Waals surface area contributed by atoms with Gasteiger partial charge in [0.25, 0.3) is 0 Å². The quantitative estimate of drug-likeness (QED) is 0.363. The van der Waals surface area contributed by atoms with Crippen LogP contribution in [-0.4, -0.2) is 16.4 Å². The van der Waals surface area contributed by atoms with Crippen LogP contribution in [0.1, 0.15) is 72.8 Å². The Balaban J connectivity index is 2.02. The van der Waals surface area contributed by atoms with Gasteiger partial charge in [0.05, 0.1) is 39.2 Å². The molecule has 0 saturated heterocycles. The number of hydrogen-bond acceptors (Lipinski definition) is 3. The number of aliphatic imine (C=N–C) groups is 2. The van der Waals surface area contributed by atoms with Crippen LogP contribution in [0.4, 0.5) is 11.4 Å². The Morgan fingerprint density at radius 3 is 1.81 bits per heavy atom. The van der Waals surface area contributed by atoms with E-state index in [4.69, 9.17) is 26.6 Å². The van der Waals surface area contributed by atoms with Crippen LogP contribution in [0.2, 0.25) is 5.02 Å². The topological polar surface area (TPSA) is 37.6 Å². The van der Waals surface area contributed by atoms with Crippen molar-refractivity contribution in [2.45, 2.75) is 61.3 Å². The lowest BCUT2D eigenvalue weighted by Gasteiger charge is -2.14. The number of aromatic nitrogens is 1. The molecule has 0 fully saturated rings. The number of pyridine rings is 1. The zero-order valence-electron chi connectivity index (χ0n) is 20.3. The molecule has 0 aliphatic heterocycles. The Kier molecular flexibility index (Phi) is 7.30. The highest BCUT2D eigenvalue weighted by Crippen LogP contribution is 2.33. The summed E-state index contributed by atoms with van der Waals surface area (Å²) in [5, 5.41) is 0.659. The first-order valence-electron chi connectivity index (χ1n) is 11.0. The summed E-state index contributed by atoms with van der Waals surface area (Å²) in [4.78, 5) is 14.7. The molecule has 0 bridgehead atoms. The van der Waals surface area contributed by atoms with Crippen molar-refractivity contribution in [2.75, 3.05) is 0 Å². The highest BCUT2D eigenvalue weighted by molar-refractivity contribution is 6.33. The molecule has 0 spiro atoms. The lowest BCUT2D eigenvalue weighted by molar-refractivity contribution is 0.863. The van der Waals surface area contributed by atoms with Crippen molar-refractivity contribution < 1.29 is 0 Å². The Hall–Kier alpha value is -2.78. The van der Waals surface area contributed by atoms with E-state index < -0.39 is 0 Å². The van der Waals surface area contributed by atoms with Gasteiger partial charge in [0.1, 0.15) is 0 Å². The average Bonchev–Trinajstić information content (AvgIpc) is 2.72. The van der Waals surface area contributed by atoms with Gasteiger partial charge in [-0.05, 0) is 87.9 Å². The second kappa shape index (κ2) is 9.79. The molecule has 0 saturated carbocycles. The third kappa shape index (κ3) is 5.34. The maximum Gasteiger partial charge on any atom is 0.0849 e. The van der Waals surface area contributed by atoms with Gasteiger partial charge in [-0.25, -0.2) is 9.98 Å². The summed E-state index contributed by atoms with van der Waals surface area (Å²) in [5.41, 5.74) is 11.1. The summed E-state index contributed by atoms with van der Waals surface area (Å²) in [5.74, 6) is 0.399. The number of hydrogen-bond donors (Lipinski definition) is 0. The van der Waals surface area contributed by atoms with Crippen LogP contribution in [0.3, 0.4) is 0 Å². The van der Waals surface area contributed by atoms with Gasteiger partial charge in [-0.3, -0.25) is 4.99 Å². The van der Waals surface area contributed by atoms with Crippen molar-refractivity contribution in [3.05, 3.63) is 86.7 Å². The fourth-order valence-electron chi connectivity index (χ4n) is 3.92. The molecule has 0 aliphatic carbocycles. The molecule has 0 amide bonds. The van der Waals surface area contributed by atoms with Gasteiger partial charge in [0, 0.05) is 0 Å². The molecule has 0 N–H and O–H groups in total. The Bertz CT molecular complexity index is 1200. The van der Waals surface area contributed by atoms with Crippen LogP contribution < -0.4 is 0 Å². The zero-order chi connectivity index (χ0) is 23.6. The minimum Gasteiger partial charge on any atom is -0.251 e. The van der Waals surface area contributed by atoms with Crippen molar-refractivity contribution in [2.24, 2.45) is 9.98 Å². The molecule has 3 nitrogen and oxygen atoms in total. The predicted molar refractivity (Wildman–Crippen MR) is 139 cm³/mol. The van der Waals surface area contributed by atoms with Crippen LogP contribution >= 0.6 is 11.6 Å². The van der Waals surface area contributed by atoms with Crippen molar-refractivity contribution >= 4 is 34.4 Å². The summed E-state index contributed by atoms with van der Waals surface area (Å²) in [6, 6.07) is 14.4. The number of nitrogens with zero attached hydrogens (tertiary/aromatic N) is 3. The van der Waals surface area contributed by atoms with E-state index in [-0.39, 0.29) is 0 Å². The van der Waals surface area contributed by atoms with Crippen LogP contribution in [0.5, 0.6) is 0 Å². The molecule has 4 heteroatoms. The van der Waals surface area contributed by atoms with Gasteiger partial charge < -0.3 is 0 Å². The lowest BCUT2D eigenvalue weighted by Crippen LogP contribution is -2.05. The normalized spacial score (nSPS) is 12.6. The van der Waals surface area contributed by atoms with Gasteiger partial charge >= 0.3 is 0 Å². The van der Waals surface area contributed by atoms with E-state index in [1.165, 1.54) is 16.7 Å². The molecule has 1 aromatic heterocycles. The van der Waals surface area contributed by atoms with E-state index in [0.717, 1.165) is 45.3 Å². The molecule has 0 atom stereocenters. The monoisotopic (exact) mass is 445 g/mol. The summed E-state index contributed by atoms with van der Waals surface area (Å²) in [7, 11) is 0. The SMILES string of the molecule is CC(=Nc1c(C)cc(C)cc1Cl)c1cccc(C(C)=Nc2c(C)cc(C)cc2C(C)C)n1. The Morgan fingerprint density at radius 2 is 1.28 bits per heavy atom. The maximum atomic E-state index is 6.46. The molecule has 2 aromatic carbocycles. The third-order valence-electron chi connectivity index (χ3n) is 5.54. The first-order valence-corrected chi connectivity index (χ1v) is 11.4. The second-order valence-corrected chi connectivity index (χ2v) is 9.30. The average molecular weight is 446 g/mol. The fraction of sp³-hybridized carbons (Fsp3) is 0.321. The van der Waals surface area contributed by atoms with Crippen LogP contribution in [0, 0.1) is 27.7 Å². The van der Waals surface area contributed by atoms with Gasteiger partial charge in [-0.1, -0.05) is 55.3 Å². The smallest absolute Gasteiger partial charge is 0.0849 e. The fourth-order valence-corrected chi connectivity index (χ4v) is 4.29. The summed E-state index contributed by atoms with van der Waals surface area (Å²) in [6.45, 7) is 16.7. The van der Waals surface area contributed by atoms with Crippen molar-refractivity contribution in [1.29, 1.82) is 0 Å². The van der Waals surface area contributed by atoms with Gasteiger partial charge in [0.15, 0.2) is 0 Å². The number of aryl methyl sites for hydroxylation is 4. The molecule has 1 heterocycles. The predicted octanol–water partition coefficient (Wildman–Crippen LogP) is 8.37. The first-order chi connectivity index (χ1) is 15.1. The summed E-state index contributed by atoms with van der Waals surface area (Å²) < 4.78 is 0. The molecular formula is C28H32ClN3. The van der Waals surface area contributed by atoms with Crippen LogP contribution in [0.15, 0.2) is 52.4 Å². The zero-order valence-corrected chi connectivity index (χ0v) is 21.1. The molecule has 0 unspecified atom stereocenters. The maximum absolute atomic E-state index is 6.46. The number of halogens is 1. The molecule has 0 radical (unpaired) electrons. The molecule has 32 heavy (non-hydrogen) atoms. The number of rotatable bonds is 5. The largest absolute Gasteiger partial charge is 0.251 e. The molecule has 166 valence electrons. The van der Waals surface area contributed by atoms with E-state index in [2.05, 4.69) is 45.9 Å². The van der Waals surface area contributed by atoms with Crippen molar-refractivity contribution in [3.8, 4) is 0 Å². The van der Waals surface area contributed by atoms with E-state index in [9.17, 15) is 0 Å². The third-order valence-corrected chi connectivity index (χ3v) is 5.83. The highest BCUT2D eigenvalue weighted by atomic mass is 35.5. The van der Waals surface area contributed by atoms with E-state index >= 15 is 0 Å². The summed E-state index contributed by atoms with van der Waals surface area (Å²) in [6.07, 6.45) is 0. The standard InChI is InChI=1S/C28H32ClN3/c1-16(2)23-14-17(3)12-19(5)27(23)30-21(7)25-10-9-11-26(32-25)22(8)31-28-20(6)13-18(4)15-24(28)29/h9-16H,1-8H3. The van der Waals surface area contributed by atoms with Gasteiger partial charge in [-0.15, -0.1) is 0 Å². The van der Waals surface area contributed by atoms with E-state index in [1.54, 1.807) is 0 Å². The minimum atomic E-state index is 0.399. The molecule has 3 rings (SSSR count). The second-order valence-electron chi connectivity index (χ2n) is 8.89. The molecule has 3 aromatic rings. The van der Waals surface area contributed by atoms with Gasteiger partial charge in [0.2, 0.25) is 0 Å². The first kappa shape index (κ1) is 23.9. The number of benzene rings is 2. The molecular weight excluding hydrogens is 414 g/mol.